The van der Waals surface area contributed by atoms with Gasteiger partial charge in [0.15, 0.2) is 11.5 Å². The number of likely N-dealkylation sites (tertiary alicyclic amines) is 1. The van der Waals surface area contributed by atoms with Crippen LogP contribution >= 0.6 is 0 Å². The number of nitrogens with one attached hydrogen (secondary N) is 1. The van der Waals surface area contributed by atoms with E-state index in [9.17, 15) is 0 Å². The molecule has 1 N–H and O–H groups in total. The highest BCUT2D eigenvalue weighted by atomic mass is 16.5. The van der Waals surface area contributed by atoms with Gasteiger partial charge in [0, 0.05) is 36.7 Å². The van der Waals surface area contributed by atoms with Gasteiger partial charge in [-0.2, -0.15) is 5.10 Å². The molecule has 2 atom stereocenters. The molecule has 5 nitrogen and oxygen atoms in total. The largest absolute Gasteiger partial charge is 0.493 e. The molecule has 2 unspecified atom stereocenters. The molecule has 0 spiro atoms. The zero-order valence-corrected chi connectivity index (χ0v) is 12.2. The van der Waals surface area contributed by atoms with Gasteiger partial charge < -0.3 is 19.8 Å². The number of nitrogens with zero attached hydrogens (tertiary/aromatic N) is 2. The highest BCUT2D eigenvalue weighted by molar-refractivity contribution is 5.90. The lowest BCUT2D eigenvalue weighted by Gasteiger charge is -2.31. The maximum absolute atomic E-state index is 5.56. The van der Waals surface area contributed by atoms with Crippen LogP contribution in [-0.2, 0) is 0 Å². The van der Waals surface area contributed by atoms with Crippen molar-refractivity contribution >= 4 is 5.71 Å². The second kappa shape index (κ2) is 5.32. The molecule has 2 aliphatic heterocycles. The van der Waals surface area contributed by atoms with Crippen molar-refractivity contribution in [3.8, 4) is 11.5 Å². The van der Waals surface area contributed by atoms with Crippen LogP contribution in [0.15, 0.2) is 23.3 Å². The first kappa shape index (κ1) is 13.2. The normalized spacial score (nSPS) is 25.6. The van der Waals surface area contributed by atoms with E-state index in [1.807, 2.05) is 12.1 Å². The number of rotatable bonds is 3. The van der Waals surface area contributed by atoms with E-state index in [0.29, 0.717) is 5.92 Å². The fraction of sp³-hybridized carbons (Fsp3) is 0.533. The van der Waals surface area contributed by atoms with E-state index in [1.165, 1.54) is 5.71 Å². The summed E-state index contributed by atoms with van der Waals surface area (Å²) in [5.41, 5.74) is 5.68. The SMILES string of the molecule is COc1cccc(C2NN=C3CCN(C)CC32)c1OC. The van der Waals surface area contributed by atoms with Crippen molar-refractivity contribution in [1.29, 1.82) is 0 Å². The zero-order chi connectivity index (χ0) is 14.1. The topological polar surface area (TPSA) is 46.1 Å². The molecule has 3 rings (SSSR count). The van der Waals surface area contributed by atoms with Crippen LogP contribution in [0.4, 0.5) is 0 Å². The van der Waals surface area contributed by atoms with E-state index in [4.69, 9.17) is 9.47 Å². The Bertz CT molecular complexity index is 530. The Balaban J connectivity index is 1.94. The average molecular weight is 275 g/mol. The van der Waals surface area contributed by atoms with Crippen LogP contribution in [0, 0.1) is 5.92 Å². The number of hydrazone groups is 1. The first-order valence-corrected chi connectivity index (χ1v) is 6.96. The quantitative estimate of drug-likeness (QED) is 0.911. The molecule has 0 amide bonds. The Morgan fingerprint density at radius 1 is 1.30 bits per heavy atom. The van der Waals surface area contributed by atoms with Crippen molar-refractivity contribution in [2.75, 3.05) is 34.4 Å². The van der Waals surface area contributed by atoms with Crippen molar-refractivity contribution in [2.24, 2.45) is 11.0 Å². The number of piperidine rings is 1. The molecule has 108 valence electrons. The van der Waals surface area contributed by atoms with Gasteiger partial charge in [-0.15, -0.1) is 0 Å². The van der Waals surface area contributed by atoms with Gasteiger partial charge in [0.05, 0.1) is 20.3 Å². The van der Waals surface area contributed by atoms with Crippen molar-refractivity contribution in [2.45, 2.75) is 12.5 Å². The number of hydrogen-bond acceptors (Lipinski definition) is 5. The number of benzene rings is 1. The molecule has 20 heavy (non-hydrogen) atoms. The molecule has 2 aliphatic rings. The standard InChI is InChI=1S/C15H21N3O2/c1-18-8-7-12-11(9-18)14(17-16-12)10-5-4-6-13(19-2)15(10)20-3/h4-6,11,14,17H,7-9H2,1-3H3. The fourth-order valence-electron chi connectivity index (χ4n) is 3.15. The van der Waals surface area contributed by atoms with Crippen LogP contribution < -0.4 is 14.9 Å². The average Bonchev–Trinajstić information content (AvgIpc) is 2.89. The third-order valence-electron chi connectivity index (χ3n) is 4.20. The minimum absolute atomic E-state index is 0.165. The predicted molar refractivity (Wildman–Crippen MR) is 78.5 cm³/mol. The van der Waals surface area contributed by atoms with Crippen LogP contribution in [0.3, 0.4) is 0 Å². The van der Waals surface area contributed by atoms with Gasteiger partial charge in [0.1, 0.15) is 0 Å². The van der Waals surface area contributed by atoms with Gasteiger partial charge >= 0.3 is 0 Å². The molecule has 1 fully saturated rings. The van der Waals surface area contributed by atoms with Gasteiger partial charge in [0.2, 0.25) is 0 Å². The summed E-state index contributed by atoms with van der Waals surface area (Å²) in [6.45, 7) is 2.11. The summed E-state index contributed by atoms with van der Waals surface area (Å²) >= 11 is 0. The highest BCUT2D eigenvalue weighted by Crippen LogP contribution is 2.40. The van der Waals surface area contributed by atoms with E-state index < -0.39 is 0 Å². The van der Waals surface area contributed by atoms with Crippen LogP contribution in [0.5, 0.6) is 11.5 Å². The van der Waals surface area contributed by atoms with Crippen LogP contribution in [0.2, 0.25) is 0 Å². The third kappa shape index (κ3) is 2.12. The molecule has 1 saturated heterocycles. The Morgan fingerprint density at radius 3 is 2.90 bits per heavy atom. The van der Waals surface area contributed by atoms with Gasteiger partial charge in [-0.1, -0.05) is 12.1 Å². The van der Waals surface area contributed by atoms with E-state index in [1.54, 1.807) is 14.2 Å². The summed E-state index contributed by atoms with van der Waals surface area (Å²) in [5.74, 6) is 1.98. The Hall–Kier alpha value is -1.75. The van der Waals surface area contributed by atoms with Crippen molar-refractivity contribution < 1.29 is 9.47 Å². The smallest absolute Gasteiger partial charge is 0.166 e. The van der Waals surface area contributed by atoms with Gasteiger partial charge in [-0.05, 0) is 13.1 Å². The van der Waals surface area contributed by atoms with E-state index in [0.717, 1.165) is 36.6 Å². The molecule has 2 heterocycles. The van der Waals surface area contributed by atoms with Crippen molar-refractivity contribution in [1.82, 2.24) is 10.3 Å². The van der Waals surface area contributed by atoms with Gasteiger partial charge in [0.25, 0.3) is 0 Å². The van der Waals surface area contributed by atoms with Crippen LogP contribution in [-0.4, -0.2) is 45.0 Å². The summed E-state index contributed by atoms with van der Waals surface area (Å²) in [6.07, 6.45) is 1.04. The fourth-order valence-corrected chi connectivity index (χ4v) is 3.15. The summed E-state index contributed by atoms with van der Waals surface area (Å²) in [4.78, 5) is 2.36. The Morgan fingerprint density at radius 2 is 2.15 bits per heavy atom. The molecule has 0 aliphatic carbocycles. The minimum atomic E-state index is 0.165. The number of fused-ring (bicyclic) bond motifs is 1. The van der Waals surface area contributed by atoms with Crippen LogP contribution in [0.1, 0.15) is 18.0 Å². The minimum Gasteiger partial charge on any atom is -0.493 e. The molecular formula is C15H21N3O2. The summed E-state index contributed by atoms with van der Waals surface area (Å²) in [5, 5.41) is 4.52. The Labute approximate surface area is 119 Å². The lowest BCUT2D eigenvalue weighted by Crippen LogP contribution is -2.39. The molecule has 1 aromatic rings. The van der Waals surface area contributed by atoms with Gasteiger partial charge in [-0.25, -0.2) is 0 Å². The first-order chi connectivity index (χ1) is 9.74. The first-order valence-electron chi connectivity index (χ1n) is 6.96. The summed E-state index contributed by atoms with van der Waals surface area (Å²) in [6, 6.07) is 6.18. The van der Waals surface area contributed by atoms with Gasteiger partial charge in [-0.3, -0.25) is 0 Å². The monoisotopic (exact) mass is 275 g/mol. The molecular weight excluding hydrogens is 254 g/mol. The van der Waals surface area contributed by atoms with Crippen molar-refractivity contribution in [3.63, 3.8) is 0 Å². The predicted octanol–water partition coefficient (Wildman–Crippen LogP) is 1.66. The summed E-state index contributed by atoms with van der Waals surface area (Å²) in [7, 11) is 5.51. The Kier molecular flexibility index (Phi) is 3.53. The lowest BCUT2D eigenvalue weighted by atomic mass is 9.86. The third-order valence-corrected chi connectivity index (χ3v) is 4.20. The number of hydrogen-bond donors (Lipinski definition) is 1. The van der Waals surface area contributed by atoms with E-state index in [-0.39, 0.29) is 6.04 Å². The lowest BCUT2D eigenvalue weighted by molar-refractivity contribution is 0.269. The summed E-state index contributed by atoms with van der Waals surface area (Å²) < 4.78 is 10.9. The molecule has 5 heteroatoms. The van der Waals surface area contributed by atoms with E-state index >= 15 is 0 Å². The number of methoxy groups -OCH3 is 2. The molecule has 1 aromatic carbocycles. The molecule has 0 radical (unpaired) electrons. The molecule has 0 saturated carbocycles. The maximum atomic E-state index is 5.56. The van der Waals surface area contributed by atoms with Crippen LogP contribution in [0.25, 0.3) is 0 Å². The second-order valence-electron chi connectivity index (χ2n) is 5.41. The van der Waals surface area contributed by atoms with Crippen molar-refractivity contribution in [3.05, 3.63) is 23.8 Å². The molecule has 0 bridgehead atoms. The number of para-hydroxylation sites is 1. The zero-order valence-electron chi connectivity index (χ0n) is 12.2. The number of ether oxygens (including phenoxy) is 2. The second-order valence-corrected chi connectivity index (χ2v) is 5.41. The van der Waals surface area contributed by atoms with E-state index in [2.05, 4.69) is 28.5 Å². The molecule has 0 aromatic heterocycles. The highest BCUT2D eigenvalue weighted by Gasteiger charge is 2.37. The maximum Gasteiger partial charge on any atom is 0.166 e.